The molecule has 1 heterocycles. The van der Waals surface area contributed by atoms with E-state index in [2.05, 4.69) is 22.2 Å². The molecule has 4 N–H and O–H groups in total. The van der Waals surface area contributed by atoms with Crippen LogP contribution < -0.4 is 11.1 Å². The molecule has 0 saturated carbocycles. The average molecular weight is 392 g/mol. The number of aliphatic hydroxyl groups is 1. The number of pyridine rings is 1. The van der Waals surface area contributed by atoms with Crippen LogP contribution in [0.3, 0.4) is 0 Å². The van der Waals surface area contributed by atoms with Gasteiger partial charge in [-0.25, -0.2) is 0 Å². The minimum atomic E-state index is 0. The Kier molecular flexibility index (Phi) is 11.4. The zero-order valence-corrected chi connectivity index (χ0v) is 14.3. The van der Waals surface area contributed by atoms with Crippen molar-refractivity contribution in [1.82, 2.24) is 10.3 Å². The van der Waals surface area contributed by atoms with Gasteiger partial charge in [0.15, 0.2) is 5.96 Å². The fourth-order valence-electron chi connectivity index (χ4n) is 1.68. The first-order chi connectivity index (χ1) is 9.26. The largest absolute Gasteiger partial charge is 0.396 e. The lowest BCUT2D eigenvalue weighted by Crippen LogP contribution is -2.33. The Labute approximate surface area is 138 Å². The molecule has 0 fully saturated rings. The summed E-state index contributed by atoms with van der Waals surface area (Å²) in [6.45, 7) is 3.57. The molecule has 0 aliphatic rings. The molecule has 0 aliphatic carbocycles. The first kappa shape index (κ1) is 19.1. The van der Waals surface area contributed by atoms with Crippen LogP contribution in [-0.2, 0) is 6.42 Å². The van der Waals surface area contributed by atoms with Gasteiger partial charge in [-0.05, 0) is 25.0 Å². The van der Waals surface area contributed by atoms with Crippen molar-refractivity contribution in [2.75, 3.05) is 19.7 Å². The van der Waals surface area contributed by atoms with E-state index in [-0.39, 0.29) is 36.5 Å². The number of aliphatic imine (C=N–C) groups is 1. The zero-order valence-electron chi connectivity index (χ0n) is 12.0. The Balaban J connectivity index is 0.00000361. The third-order valence-corrected chi connectivity index (χ3v) is 2.84. The van der Waals surface area contributed by atoms with Crippen molar-refractivity contribution in [3.05, 3.63) is 30.1 Å². The number of aliphatic hydroxyl groups excluding tert-OH is 1. The highest BCUT2D eigenvalue weighted by molar-refractivity contribution is 14.0. The molecule has 1 atom stereocenters. The van der Waals surface area contributed by atoms with Crippen LogP contribution in [0.15, 0.2) is 29.4 Å². The first-order valence-electron chi connectivity index (χ1n) is 6.80. The van der Waals surface area contributed by atoms with Crippen molar-refractivity contribution < 1.29 is 5.11 Å². The lowest BCUT2D eigenvalue weighted by molar-refractivity contribution is 0.229. The average Bonchev–Trinajstić information content (AvgIpc) is 2.45. The van der Waals surface area contributed by atoms with E-state index in [9.17, 15) is 5.11 Å². The second-order valence-electron chi connectivity index (χ2n) is 4.58. The number of hydrogen-bond donors (Lipinski definition) is 3. The monoisotopic (exact) mass is 392 g/mol. The molecule has 0 saturated heterocycles. The van der Waals surface area contributed by atoms with E-state index >= 15 is 0 Å². The predicted octanol–water partition coefficient (Wildman–Crippen LogP) is 1.56. The number of guanidine groups is 1. The Morgan fingerprint density at radius 3 is 2.90 bits per heavy atom. The van der Waals surface area contributed by atoms with Gasteiger partial charge in [0.1, 0.15) is 0 Å². The summed E-state index contributed by atoms with van der Waals surface area (Å²) in [5, 5.41) is 12.4. The number of rotatable bonds is 8. The van der Waals surface area contributed by atoms with E-state index < -0.39 is 0 Å². The van der Waals surface area contributed by atoms with Crippen molar-refractivity contribution in [2.24, 2.45) is 16.6 Å². The van der Waals surface area contributed by atoms with E-state index in [1.165, 1.54) is 0 Å². The smallest absolute Gasteiger partial charge is 0.188 e. The van der Waals surface area contributed by atoms with Gasteiger partial charge in [-0.15, -0.1) is 24.0 Å². The summed E-state index contributed by atoms with van der Waals surface area (Å²) in [4.78, 5) is 8.51. The van der Waals surface area contributed by atoms with Crippen LogP contribution in [-0.4, -0.2) is 35.7 Å². The van der Waals surface area contributed by atoms with Gasteiger partial charge in [0.2, 0.25) is 0 Å². The highest BCUT2D eigenvalue weighted by Crippen LogP contribution is 2.06. The summed E-state index contributed by atoms with van der Waals surface area (Å²) < 4.78 is 0. The number of halogens is 1. The SMILES string of the molecule is CCCCNC(N)=NCC(CO)Cc1ccccn1.I. The Bertz CT molecular complexity index is 373. The molecule has 6 heteroatoms. The third kappa shape index (κ3) is 8.31. The quantitative estimate of drug-likeness (QED) is 0.271. The van der Waals surface area contributed by atoms with Gasteiger partial charge in [-0.3, -0.25) is 9.98 Å². The van der Waals surface area contributed by atoms with Gasteiger partial charge in [0.25, 0.3) is 0 Å². The van der Waals surface area contributed by atoms with Crippen molar-refractivity contribution in [3.63, 3.8) is 0 Å². The molecule has 0 aliphatic heterocycles. The van der Waals surface area contributed by atoms with Crippen LogP contribution >= 0.6 is 24.0 Å². The minimum absolute atomic E-state index is 0. The maximum atomic E-state index is 9.36. The van der Waals surface area contributed by atoms with Crippen molar-refractivity contribution in [2.45, 2.75) is 26.2 Å². The number of nitrogens with one attached hydrogen (secondary N) is 1. The minimum Gasteiger partial charge on any atom is -0.396 e. The Morgan fingerprint density at radius 2 is 2.30 bits per heavy atom. The second kappa shape index (κ2) is 11.9. The van der Waals surface area contributed by atoms with Crippen LogP contribution in [0.25, 0.3) is 0 Å². The van der Waals surface area contributed by atoms with Crippen LogP contribution in [0.4, 0.5) is 0 Å². The molecule has 0 spiro atoms. The first-order valence-corrected chi connectivity index (χ1v) is 6.80. The fourth-order valence-corrected chi connectivity index (χ4v) is 1.68. The van der Waals surface area contributed by atoms with Gasteiger partial charge in [-0.1, -0.05) is 19.4 Å². The molecule has 1 rings (SSSR count). The van der Waals surface area contributed by atoms with E-state index in [0.29, 0.717) is 18.9 Å². The van der Waals surface area contributed by atoms with Gasteiger partial charge >= 0.3 is 0 Å². The maximum Gasteiger partial charge on any atom is 0.188 e. The summed E-state index contributed by atoms with van der Waals surface area (Å²) in [5.41, 5.74) is 6.72. The van der Waals surface area contributed by atoms with Crippen LogP contribution in [0.1, 0.15) is 25.5 Å². The van der Waals surface area contributed by atoms with Crippen molar-refractivity contribution in [3.8, 4) is 0 Å². The molecule has 0 aromatic carbocycles. The summed E-state index contributed by atoms with van der Waals surface area (Å²) in [6.07, 6.45) is 4.67. The number of aromatic nitrogens is 1. The van der Waals surface area contributed by atoms with Crippen molar-refractivity contribution >= 4 is 29.9 Å². The molecular weight excluding hydrogens is 367 g/mol. The van der Waals surface area contributed by atoms with Gasteiger partial charge in [0, 0.05) is 37.5 Å². The van der Waals surface area contributed by atoms with Crippen LogP contribution in [0, 0.1) is 5.92 Å². The standard InChI is InChI=1S/C14H24N4O.HI/c1-2-3-7-17-14(15)18-10-12(11-19)9-13-6-4-5-8-16-13;/h4-6,8,12,19H,2-3,7,9-11H2,1H3,(H3,15,17,18);1H. The lowest BCUT2D eigenvalue weighted by atomic mass is 10.0. The van der Waals surface area contributed by atoms with Crippen LogP contribution in [0.2, 0.25) is 0 Å². The molecule has 1 aromatic rings. The normalized spacial score (nSPS) is 12.6. The summed E-state index contributed by atoms with van der Waals surface area (Å²) in [7, 11) is 0. The number of nitrogens with zero attached hydrogens (tertiary/aromatic N) is 2. The van der Waals surface area contributed by atoms with Gasteiger partial charge in [-0.2, -0.15) is 0 Å². The molecule has 20 heavy (non-hydrogen) atoms. The second-order valence-corrected chi connectivity index (χ2v) is 4.58. The van der Waals surface area contributed by atoms with E-state index in [4.69, 9.17) is 5.73 Å². The maximum absolute atomic E-state index is 9.36. The van der Waals surface area contributed by atoms with E-state index in [1.807, 2.05) is 18.2 Å². The molecular formula is C14H25IN4O. The summed E-state index contributed by atoms with van der Waals surface area (Å²) in [5.74, 6) is 0.509. The Morgan fingerprint density at radius 1 is 1.50 bits per heavy atom. The number of unbranched alkanes of at least 4 members (excludes halogenated alkanes) is 1. The molecule has 114 valence electrons. The predicted molar refractivity (Wildman–Crippen MR) is 93.3 cm³/mol. The molecule has 1 aromatic heterocycles. The third-order valence-electron chi connectivity index (χ3n) is 2.84. The molecule has 5 nitrogen and oxygen atoms in total. The number of hydrogen-bond acceptors (Lipinski definition) is 3. The summed E-state index contributed by atoms with van der Waals surface area (Å²) >= 11 is 0. The molecule has 1 unspecified atom stereocenters. The molecule has 0 radical (unpaired) electrons. The molecule has 0 amide bonds. The summed E-state index contributed by atoms with van der Waals surface area (Å²) in [6, 6.07) is 5.78. The molecule has 0 bridgehead atoms. The topological polar surface area (TPSA) is 83.5 Å². The highest BCUT2D eigenvalue weighted by Gasteiger charge is 2.08. The Hall–Kier alpha value is -0.890. The highest BCUT2D eigenvalue weighted by atomic mass is 127. The van der Waals surface area contributed by atoms with Gasteiger partial charge in [0.05, 0.1) is 0 Å². The van der Waals surface area contributed by atoms with Gasteiger partial charge < -0.3 is 16.2 Å². The van der Waals surface area contributed by atoms with E-state index in [1.54, 1.807) is 6.20 Å². The number of nitrogens with two attached hydrogens (primary N) is 1. The zero-order chi connectivity index (χ0) is 13.9. The fraction of sp³-hybridized carbons (Fsp3) is 0.571. The van der Waals surface area contributed by atoms with E-state index in [0.717, 1.165) is 25.1 Å². The van der Waals surface area contributed by atoms with Crippen molar-refractivity contribution in [1.29, 1.82) is 0 Å². The lowest BCUT2D eigenvalue weighted by Gasteiger charge is -2.12. The van der Waals surface area contributed by atoms with Crippen LogP contribution in [0.5, 0.6) is 0 Å².